The highest BCUT2D eigenvalue weighted by Crippen LogP contribution is 2.28. The quantitative estimate of drug-likeness (QED) is 0.181. The van der Waals surface area contributed by atoms with Gasteiger partial charge < -0.3 is 9.47 Å². The number of rotatable bonds is 2. The molecule has 2 nitrogen and oxygen atoms in total. The molecule has 0 heterocycles. The lowest BCUT2D eigenvalue weighted by Gasteiger charge is -2.10. The van der Waals surface area contributed by atoms with Crippen molar-refractivity contribution in [3.8, 4) is 11.5 Å². The minimum Gasteiger partial charge on any atom is -0.496 e. The number of fused-ring (bicyclic) bond motifs is 1. The third-order valence-corrected chi connectivity index (χ3v) is 9.00. The predicted octanol–water partition coefficient (Wildman–Crippen LogP) is 13.6. The Morgan fingerprint density at radius 2 is 0.608 bits per heavy atom. The zero-order valence-electron chi connectivity index (χ0n) is 34.1. The molecule has 0 saturated carbocycles. The van der Waals surface area contributed by atoms with Crippen molar-refractivity contribution in [2.75, 3.05) is 14.2 Å². The number of ether oxygens (including phenoxy) is 2. The van der Waals surface area contributed by atoms with E-state index in [1.807, 2.05) is 26.0 Å². The van der Waals surface area contributed by atoms with Gasteiger partial charge in [-0.3, -0.25) is 0 Å². The van der Waals surface area contributed by atoms with Crippen LogP contribution in [0.4, 0.5) is 0 Å². The van der Waals surface area contributed by atoms with Crippen molar-refractivity contribution in [2.45, 2.75) is 90.0 Å². The van der Waals surface area contributed by atoms with Gasteiger partial charge in [0.1, 0.15) is 11.5 Å². The van der Waals surface area contributed by atoms with Gasteiger partial charge in [-0.1, -0.05) is 124 Å². The summed E-state index contributed by atoms with van der Waals surface area (Å²) in [4.78, 5) is 0. The molecule has 6 aromatic carbocycles. The van der Waals surface area contributed by atoms with Crippen LogP contribution in [0.5, 0.6) is 11.5 Å². The lowest BCUT2D eigenvalue weighted by atomic mass is 10.0. The molecule has 270 valence electrons. The second-order valence-corrected chi connectivity index (χ2v) is 13.9. The smallest absolute Gasteiger partial charge is 0.125 e. The van der Waals surface area contributed by atoms with Gasteiger partial charge in [0.05, 0.1) is 14.2 Å². The van der Waals surface area contributed by atoms with Gasteiger partial charge in [0, 0.05) is 5.56 Å². The van der Waals surface area contributed by atoms with E-state index in [4.69, 9.17) is 9.47 Å². The van der Waals surface area contributed by atoms with E-state index in [2.05, 4.69) is 167 Å². The number of methoxy groups -OCH3 is 2. The molecule has 0 aliphatic heterocycles. The summed E-state index contributed by atoms with van der Waals surface area (Å²) in [6.45, 7) is 27.5. The summed E-state index contributed by atoms with van der Waals surface area (Å²) in [5.41, 5.74) is 17.2. The molecule has 51 heavy (non-hydrogen) atoms. The molecule has 2 heteroatoms. The molecule has 0 unspecified atom stereocenters. The highest BCUT2D eigenvalue weighted by atomic mass is 16.5. The predicted molar refractivity (Wildman–Crippen MR) is 224 cm³/mol. The van der Waals surface area contributed by atoms with E-state index in [1.165, 1.54) is 72.0 Å². The van der Waals surface area contributed by atoms with E-state index in [9.17, 15) is 0 Å². The Labute approximate surface area is 310 Å². The van der Waals surface area contributed by atoms with Gasteiger partial charge in [-0.05, 0) is 146 Å². The number of hydrogen-bond acceptors (Lipinski definition) is 2. The summed E-state index contributed by atoms with van der Waals surface area (Å²) in [5.74, 6) is 1.76. The molecule has 6 aromatic rings. The third kappa shape index (κ3) is 14.5. The van der Waals surface area contributed by atoms with Crippen molar-refractivity contribution in [3.05, 3.63) is 175 Å². The van der Waals surface area contributed by atoms with Crippen molar-refractivity contribution < 1.29 is 9.47 Å². The van der Waals surface area contributed by atoms with E-state index in [-0.39, 0.29) is 0 Å². The molecule has 0 atom stereocenters. The molecule has 0 aromatic heterocycles. The third-order valence-electron chi connectivity index (χ3n) is 9.00. The molecule has 0 saturated heterocycles. The Balaban J connectivity index is 0.000000223. The molecular weight excluding hydrogens is 621 g/mol. The fourth-order valence-electron chi connectivity index (χ4n) is 5.48. The van der Waals surface area contributed by atoms with E-state index >= 15 is 0 Å². The van der Waals surface area contributed by atoms with Gasteiger partial charge in [-0.25, -0.2) is 0 Å². The Bertz CT molecular complexity index is 1870. The molecule has 0 amide bonds. The summed E-state index contributed by atoms with van der Waals surface area (Å²) in [6, 6.07) is 36.5. The fraction of sp³-hybridized carbons (Fsp3) is 0.306. The van der Waals surface area contributed by atoms with Gasteiger partial charge >= 0.3 is 0 Å². The summed E-state index contributed by atoms with van der Waals surface area (Å²) in [7, 11) is 3.34. The maximum atomic E-state index is 5.19. The minimum atomic E-state index is 0.881. The number of aryl methyl sites for hydroxylation is 11. The van der Waals surface area contributed by atoms with Crippen LogP contribution in [0.3, 0.4) is 0 Å². The topological polar surface area (TPSA) is 18.5 Å². The lowest BCUT2D eigenvalue weighted by Crippen LogP contribution is -1.93. The first-order valence-corrected chi connectivity index (χ1v) is 17.8. The second kappa shape index (κ2) is 20.8. The van der Waals surface area contributed by atoms with Crippen molar-refractivity contribution >= 4 is 10.8 Å². The van der Waals surface area contributed by atoms with Crippen LogP contribution in [0.1, 0.15) is 72.3 Å². The lowest BCUT2D eigenvalue weighted by molar-refractivity contribution is 0.388. The van der Waals surface area contributed by atoms with E-state index in [0.717, 1.165) is 22.6 Å². The Morgan fingerprint density at radius 1 is 0.275 bits per heavy atom. The molecular formula is C49H62O2. The average Bonchev–Trinajstić information content (AvgIpc) is 3.09. The van der Waals surface area contributed by atoms with Crippen LogP contribution in [0, 0.1) is 90.0 Å². The number of benzene rings is 6. The van der Waals surface area contributed by atoms with Gasteiger partial charge in [-0.2, -0.15) is 0 Å². The van der Waals surface area contributed by atoms with Gasteiger partial charge in [0.25, 0.3) is 0 Å². The van der Waals surface area contributed by atoms with Crippen molar-refractivity contribution in [1.29, 1.82) is 0 Å². The largest absolute Gasteiger partial charge is 0.496 e. The molecule has 6 rings (SSSR count). The average molecular weight is 683 g/mol. The molecule has 0 aliphatic rings. The van der Waals surface area contributed by atoms with Crippen LogP contribution >= 0.6 is 0 Å². The Hall–Kier alpha value is -4.82. The van der Waals surface area contributed by atoms with Crippen LogP contribution in [0.15, 0.2) is 103 Å². The van der Waals surface area contributed by atoms with Crippen molar-refractivity contribution in [3.63, 3.8) is 0 Å². The summed E-state index contributed by atoms with van der Waals surface area (Å²) < 4.78 is 10.4. The first kappa shape index (κ1) is 42.3. The fourth-order valence-corrected chi connectivity index (χ4v) is 5.48. The second-order valence-electron chi connectivity index (χ2n) is 13.9. The number of hydrogen-bond donors (Lipinski definition) is 0. The van der Waals surface area contributed by atoms with Crippen LogP contribution in [0.2, 0.25) is 0 Å². The maximum absolute atomic E-state index is 5.19. The van der Waals surface area contributed by atoms with E-state index in [0.29, 0.717) is 0 Å². The monoisotopic (exact) mass is 682 g/mol. The molecule has 0 bridgehead atoms. The summed E-state index contributed by atoms with van der Waals surface area (Å²) in [5, 5.41) is 2.67. The van der Waals surface area contributed by atoms with Crippen molar-refractivity contribution in [1.82, 2.24) is 0 Å². The molecule has 0 N–H and O–H groups in total. The van der Waals surface area contributed by atoms with Gasteiger partial charge in [0.2, 0.25) is 0 Å². The van der Waals surface area contributed by atoms with E-state index < -0.39 is 0 Å². The minimum absolute atomic E-state index is 0.881. The molecule has 0 fully saturated rings. The van der Waals surface area contributed by atoms with E-state index in [1.54, 1.807) is 14.2 Å². The summed E-state index contributed by atoms with van der Waals surface area (Å²) >= 11 is 0. The van der Waals surface area contributed by atoms with Crippen LogP contribution in [-0.2, 0) is 0 Å². The van der Waals surface area contributed by atoms with Crippen LogP contribution < -0.4 is 9.47 Å². The van der Waals surface area contributed by atoms with Crippen LogP contribution in [0.25, 0.3) is 10.8 Å². The zero-order valence-corrected chi connectivity index (χ0v) is 34.1. The first-order valence-electron chi connectivity index (χ1n) is 17.8. The Kier molecular flexibility index (Phi) is 17.2. The SMILES string of the molecule is COc1cc(C)cc(OC)c1C.Cc1cc(C)c(C)c(C)c1.Cc1ccc(C)c(C)c1.Cc1ccc(C)cc1.Cc1ccc2cc(C)ccc2c1. The normalized spacial score (nSPS) is 9.86. The summed E-state index contributed by atoms with van der Waals surface area (Å²) in [6.07, 6.45) is 0. The highest BCUT2D eigenvalue weighted by molar-refractivity contribution is 5.83. The molecule has 0 spiro atoms. The highest BCUT2D eigenvalue weighted by Gasteiger charge is 2.05. The van der Waals surface area contributed by atoms with Gasteiger partial charge in [-0.15, -0.1) is 0 Å². The molecule has 0 radical (unpaired) electrons. The maximum Gasteiger partial charge on any atom is 0.125 e. The molecule has 0 aliphatic carbocycles. The van der Waals surface area contributed by atoms with Gasteiger partial charge in [0.15, 0.2) is 0 Å². The zero-order chi connectivity index (χ0) is 38.2. The Morgan fingerprint density at radius 3 is 0.980 bits per heavy atom. The van der Waals surface area contributed by atoms with Crippen LogP contribution in [-0.4, -0.2) is 14.2 Å². The standard InChI is InChI=1S/C12H12.C10H14O2.C10H14.C9H12.C8H10/c1-9-3-5-12-8-10(2)4-6-11(12)7-9;1-7-5-9(11-3)8(2)10(6-7)12-4;1-7-5-8(2)10(4)9(3)6-7;1-7-4-5-8(2)9(3)6-7;1-7-3-5-8(2)6-4-7/h3-8H,1-2H3;5-6H,1-4H3;5-6H,1-4H3;4-6H,1-3H3;3-6H,1-2H3. The first-order chi connectivity index (χ1) is 24.0. The van der Waals surface area contributed by atoms with Crippen molar-refractivity contribution in [2.24, 2.45) is 0 Å².